The van der Waals surface area contributed by atoms with Crippen LogP contribution in [0.15, 0.2) is 30.3 Å². The molecular formula is C11H17NO. The highest BCUT2D eigenvalue weighted by Crippen LogP contribution is 2.09. The van der Waals surface area contributed by atoms with E-state index in [1.807, 2.05) is 37.3 Å². The zero-order valence-corrected chi connectivity index (χ0v) is 7.98. The lowest BCUT2D eigenvalue weighted by Crippen LogP contribution is -2.26. The van der Waals surface area contributed by atoms with E-state index in [2.05, 4.69) is 0 Å². The van der Waals surface area contributed by atoms with Gasteiger partial charge in [-0.15, -0.1) is 0 Å². The van der Waals surface area contributed by atoms with Gasteiger partial charge in [-0.25, -0.2) is 0 Å². The molecule has 3 N–H and O–H groups in total. The molecule has 0 radical (unpaired) electrons. The summed E-state index contributed by atoms with van der Waals surface area (Å²) in [5.41, 5.74) is 6.63. The molecule has 1 aromatic rings. The van der Waals surface area contributed by atoms with Gasteiger partial charge in [-0.05, 0) is 24.4 Å². The van der Waals surface area contributed by atoms with Crippen LogP contribution in [0.25, 0.3) is 0 Å². The molecule has 0 saturated heterocycles. The number of aliphatic hydroxyl groups excluding tert-OH is 1. The number of hydrogen-bond acceptors (Lipinski definition) is 2. The second-order valence-electron chi connectivity index (χ2n) is 3.47. The fourth-order valence-corrected chi connectivity index (χ4v) is 1.21. The van der Waals surface area contributed by atoms with Crippen LogP contribution in [0.4, 0.5) is 0 Å². The van der Waals surface area contributed by atoms with E-state index in [0.29, 0.717) is 13.0 Å². The van der Waals surface area contributed by atoms with Gasteiger partial charge in [-0.2, -0.15) is 0 Å². The molecule has 0 amide bonds. The first-order valence-electron chi connectivity index (χ1n) is 4.66. The maximum Gasteiger partial charge on any atom is 0.0618 e. The fraction of sp³-hybridized carbons (Fsp3) is 0.455. The van der Waals surface area contributed by atoms with Crippen LogP contribution < -0.4 is 5.73 Å². The van der Waals surface area contributed by atoms with Crippen LogP contribution in [0.1, 0.15) is 12.5 Å². The molecule has 2 atom stereocenters. The van der Waals surface area contributed by atoms with Crippen molar-refractivity contribution in [2.75, 3.05) is 6.54 Å². The van der Waals surface area contributed by atoms with Gasteiger partial charge in [0, 0.05) is 0 Å². The van der Waals surface area contributed by atoms with Gasteiger partial charge >= 0.3 is 0 Å². The third-order valence-electron chi connectivity index (χ3n) is 2.32. The molecule has 0 heterocycles. The lowest BCUT2D eigenvalue weighted by molar-refractivity contribution is 0.121. The molecule has 72 valence electrons. The van der Waals surface area contributed by atoms with E-state index in [1.165, 1.54) is 0 Å². The second kappa shape index (κ2) is 5.00. The fourth-order valence-electron chi connectivity index (χ4n) is 1.21. The lowest BCUT2D eigenvalue weighted by atomic mass is 9.98. The molecule has 2 unspecified atom stereocenters. The minimum atomic E-state index is -0.326. The topological polar surface area (TPSA) is 46.2 Å². The Hall–Kier alpha value is -0.860. The van der Waals surface area contributed by atoms with E-state index in [4.69, 9.17) is 5.73 Å². The van der Waals surface area contributed by atoms with E-state index in [1.54, 1.807) is 0 Å². The molecule has 13 heavy (non-hydrogen) atoms. The maximum absolute atomic E-state index is 9.69. The third-order valence-corrected chi connectivity index (χ3v) is 2.32. The highest BCUT2D eigenvalue weighted by molar-refractivity contribution is 5.15. The van der Waals surface area contributed by atoms with Crippen molar-refractivity contribution in [2.24, 2.45) is 11.7 Å². The predicted octanol–water partition coefficient (Wildman–Crippen LogP) is 1.18. The van der Waals surface area contributed by atoms with Crippen LogP contribution >= 0.6 is 0 Å². The average molecular weight is 179 g/mol. The molecular weight excluding hydrogens is 162 g/mol. The summed E-state index contributed by atoms with van der Waals surface area (Å²) in [6.45, 7) is 2.50. The van der Waals surface area contributed by atoms with Crippen molar-refractivity contribution in [2.45, 2.75) is 19.4 Å². The van der Waals surface area contributed by atoms with Gasteiger partial charge in [0.05, 0.1) is 6.10 Å². The van der Waals surface area contributed by atoms with Crippen molar-refractivity contribution in [3.05, 3.63) is 35.9 Å². The summed E-state index contributed by atoms with van der Waals surface area (Å²) in [4.78, 5) is 0. The Morgan fingerprint density at radius 3 is 2.46 bits per heavy atom. The number of rotatable bonds is 4. The Morgan fingerprint density at radius 1 is 1.31 bits per heavy atom. The Kier molecular flexibility index (Phi) is 3.93. The molecule has 0 bridgehead atoms. The number of benzene rings is 1. The van der Waals surface area contributed by atoms with Gasteiger partial charge < -0.3 is 10.8 Å². The van der Waals surface area contributed by atoms with Gasteiger partial charge in [-0.1, -0.05) is 37.3 Å². The van der Waals surface area contributed by atoms with E-state index < -0.39 is 0 Å². The summed E-state index contributed by atoms with van der Waals surface area (Å²) < 4.78 is 0. The third kappa shape index (κ3) is 3.17. The van der Waals surface area contributed by atoms with Gasteiger partial charge in [0.25, 0.3) is 0 Å². The molecule has 0 fully saturated rings. The zero-order chi connectivity index (χ0) is 9.68. The normalized spacial score (nSPS) is 15.3. The molecule has 2 nitrogen and oxygen atoms in total. The monoisotopic (exact) mass is 179 g/mol. The summed E-state index contributed by atoms with van der Waals surface area (Å²) in [6.07, 6.45) is 0.367. The summed E-state index contributed by atoms with van der Waals surface area (Å²) in [5, 5.41) is 9.69. The molecule has 0 aliphatic carbocycles. The first kappa shape index (κ1) is 10.2. The predicted molar refractivity (Wildman–Crippen MR) is 54.4 cm³/mol. The molecule has 2 heteroatoms. The van der Waals surface area contributed by atoms with Crippen molar-refractivity contribution in [3.8, 4) is 0 Å². The molecule has 0 aliphatic heterocycles. The Morgan fingerprint density at radius 2 is 1.92 bits per heavy atom. The van der Waals surface area contributed by atoms with Gasteiger partial charge in [0.15, 0.2) is 0 Å². The van der Waals surface area contributed by atoms with E-state index in [-0.39, 0.29) is 12.0 Å². The van der Waals surface area contributed by atoms with Crippen LogP contribution in [0.3, 0.4) is 0 Å². The summed E-state index contributed by atoms with van der Waals surface area (Å²) >= 11 is 0. The average Bonchev–Trinajstić information content (AvgIpc) is 2.18. The van der Waals surface area contributed by atoms with Crippen molar-refractivity contribution in [1.82, 2.24) is 0 Å². The standard InChI is InChI=1S/C11H17NO/c1-9(8-12)11(13)7-10-5-3-2-4-6-10/h2-6,9,11,13H,7-8,12H2,1H3. The number of nitrogens with two attached hydrogens (primary N) is 1. The quantitative estimate of drug-likeness (QED) is 0.729. The van der Waals surface area contributed by atoms with Crippen LogP contribution in [-0.2, 0) is 6.42 Å². The zero-order valence-electron chi connectivity index (χ0n) is 7.98. The molecule has 1 aromatic carbocycles. The van der Waals surface area contributed by atoms with Crippen LogP contribution in [-0.4, -0.2) is 17.8 Å². The summed E-state index contributed by atoms with van der Waals surface area (Å²) in [5.74, 6) is 0.167. The van der Waals surface area contributed by atoms with Crippen molar-refractivity contribution < 1.29 is 5.11 Å². The Labute approximate surface area is 79.4 Å². The lowest BCUT2D eigenvalue weighted by Gasteiger charge is -2.16. The van der Waals surface area contributed by atoms with Gasteiger partial charge in [-0.3, -0.25) is 0 Å². The van der Waals surface area contributed by atoms with Crippen LogP contribution in [0.2, 0.25) is 0 Å². The van der Waals surface area contributed by atoms with Crippen LogP contribution in [0.5, 0.6) is 0 Å². The molecule has 0 aliphatic rings. The smallest absolute Gasteiger partial charge is 0.0618 e. The number of hydrogen-bond donors (Lipinski definition) is 2. The first-order valence-corrected chi connectivity index (χ1v) is 4.66. The Balaban J connectivity index is 2.50. The van der Waals surface area contributed by atoms with E-state index in [0.717, 1.165) is 5.56 Å². The van der Waals surface area contributed by atoms with Gasteiger partial charge in [0.1, 0.15) is 0 Å². The minimum Gasteiger partial charge on any atom is -0.392 e. The van der Waals surface area contributed by atoms with E-state index >= 15 is 0 Å². The van der Waals surface area contributed by atoms with Crippen molar-refractivity contribution >= 4 is 0 Å². The summed E-state index contributed by atoms with van der Waals surface area (Å²) in [6, 6.07) is 9.98. The second-order valence-corrected chi connectivity index (χ2v) is 3.47. The highest BCUT2D eigenvalue weighted by Gasteiger charge is 2.12. The molecule has 0 spiro atoms. The Bertz CT molecular complexity index is 235. The highest BCUT2D eigenvalue weighted by atomic mass is 16.3. The summed E-state index contributed by atoms with van der Waals surface area (Å²) in [7, 11) is 0. The minimum absolute atomic E-state index is 0.167. The molecule has 0 aromatic heterocycles. The maximum atomic E-state index is 9.69. The SMILES string of the molecule is CC(CN)C(O)Cc1ccccc1. The largest absolute Gasteiger partial charge is 0.392 e. The van der Waals surface area contributed by atoms with Crippen molar-refractivity contribution in [1.29, 1.82) is 0 Å². The molecule has 0 saturated carbocycles. The number of aliphatic hydroxyl groups is 1. The van der Waals surface area contributed by atoms with Crippen LogP contribution in [0, 0.1) is 5.92 Å². The molecule has 1 rings (SSSR count). The van der Waals surface area contributed by atoms with E-state index in [9.17, 15) is 5.11 Å². The van der Waals surface area contributed by atoms with Gasteiger partial charge in [0.2, 0.25) is 0 Å². The first-order chi connectivity index (χ1) is 6.24. The van der Waals surface area contributed by atoms with Crippen molar-refractivity contribution in [3.63, 3.8) is 0 Å².